The lowest BCUT2D eigenvalue weighted by Crippen LogP contribution is -2.08. The van der Waals surface area contributed by atoms with E-state index in [0.717, 1.165) is 12.1 Å². The van der Waals surface area contributed by atoms with Crippen molar-refractivity contribution in [1.82, 2.24) is 4.98 Å². The molecule has 3 nitrogen and oxygen atoms in total. The molecule has 0 saturated heterocycles. The van der Waals surface area contributed by atoms with Crippen LogP contribution in [0.2, 0.25) is 0 Å². The van der Waals surface area contributed by atoms with Gasteiger partial charge >= 0.3 is 6.18 Å². The number of rotatable bonds is 2. The Hall–Kier alpha value is -2.07. The first-order chi connectivity index (χ1) is 9.81. The van der Waals surface area contributed by atoms with Crippen LogP contribution in [-0.4, -0.2) is 4.98 Å². The van der Waals surface area contributed by atoms with Crippen molar-refractivity contribution in [2.75, 3.05) is 0 Å². The van der Waals surface area contributed by atoms with E-state index in [0.29, 0.717) is 10.0 Å². The number of aryl methyl sites for hydroxylation is 1. The Labute approximate surface area is 127 Å². The lowest BCUT2D eigenvalue weighted by Gasteiger charge is -2.14. The smallest absolute Gasteiger partial charge is 0.420 e. The average Bonchev–Trinajstić information content (AvgIpc) is 2.41. The fourth-order valence-electron chi connectivity index (χ4n) is 1.65. The molecule has 0 saturated carbocycles. The van der Waals surface area contributed by atoms with Crippen LogP contribution >= 0.6 is 15.9 Å². The molecule has 0 aliphatic heterocycles. The molecule has 0 fully saturated rings. The van der Waals surface area contributed by atoms with Gasteiger partial charge in [-0.3, -0.25) is 0 Å². The Kier molecular flexibility index (Phi) is 4.19. The summed E-state index contributed by atoms with van der Waals surface area (Å²) < 4.78 is 45.0. The maximum atomic E-state index is 13.0. The van der Waals surface area contributed by atoms with Crippen molar-refractivity contribution in [2.45, 2.75) is 13.1 Å². The average molecular weight is 357 g/mol. The maximum absolute atomic E-state index is 13.0. The van der Waals surface area contributed by atoms with Gasteiger partial charge in [0.05, 0.1) is 17.2 Å². The van der Waals surface area contributed by atoms with Crippen molar-refractivity contribution in [3.63, 3.8) is 0 Å². The van der Waals surface area contributed by atoms with E-state index in [1.54, 1.807) is 19.1 Å². The van der Waals surface area contributed by atoms with Gasteiger partial charge in [-0.25, -0.2) is 4.98 Å². The molecule has 0 bridgehead atoms. The highest BCUT2D eigenvalue weighted by atomic mass is 79.9. The van der Waals surface area contributed by atoms with Gasteiger partial charge in [0.25, 0.3) is 0 Å². The van der Waals surface area contributed by atoms with E-state index in [4.69, 9.17) is 10.00 Å². The van der Waals surface area contributed by atoms with E-state index >= 15 is 0 Å². The second-order valence-electron chi connectivity index (χ2n) is 4.20. The van der Waals surface area contributed by atoms with Crippen LogP contribution in [0, 0.1) is 18.3 Å². The van der Waals surface area contributed by atoms with Crippen LogP contribution in [0.15, 0.2) is 34.9 Å². The molecule has 108 valence electrons. The third-order valence-electron chi connectivity index (χ3n) is 2.62. The van der Waals surface area contributed by atoms with Gasteiger partial charge in [0.2, 0.25) is 5.88 Å². The summed E-state index contributed by atoms with van der Waals surface area (Å²) in [5, 5.41) is 8.71. The summed E-state index contributed by atoms with van der Waals surface area (Å²) in [5.74, 6) is -0.312. The predicted octanol–water partition coefficient (Wildman–Crippen LogP) is 4.84. The van der Waals surface area contributed by atoms with Crippen LogP contribution < -0.4 is 4.74 Å². The molecule has 1 heterocycles. The van der Waals surface area contributed by atoms with Crippen LogP contribution in [-0.2, 0) is 6.18 Å². The summed E-state index contributed by atoms with van der Waals surface area (Å²) in [6.07, 6.45) is -3.19. The van der Waals surface area contributed by atoms with E-state index in [9.17, 15) is 13.2 Å². The van der Waals surface area contributed by atoms with Crippen LogP contribution in [0.4, 0.5) is 13.2 Å². The summed E-state index contributed by atoms with van der Waals surface area (Å²) in [4.78, 5) is 3.94. The van der Waals surface area contributed by atoms with E-state index in [2.05, 4.69) is 20.9 Å². The number of alkyl halides is 3. The molecule has 0 unspecified atom stereocenters. The van der Waals surface area contributed by atoms with E-state index in [-0.39, 0.29) is 17.2 Å². The number of hydrogen-bond acceptors (Lipinski definition) is 3. The first-order valence-electron chi connectivity index (χ1n) is 5.72. The molecule has 2 aromatic rings. The van der Waals surface area contributed by atoms with E-state index in [1.807, 2.05) is 0 Å². The highest BCUT2D eigenvalue weighted by Gasteiger charge is 2.35. The van der Waals surface area contributed by atoms with Gasteiger partial charge in [0.1, 0.15) is 5.75 Å². The fourth-order valence-corrected chi connectivity index (χ4v) is 2.09. The highest BCUT2D eigenvalue weighted by molar-refractivity contribution is 9.10. The molecule has 0 aliphatic carbocycles. The number of nitrogens with zero attached hydrogens (tertiary/aromatic N) is 2. The predicted molar refractivity (Wildman–Crippen MR) is 72.9 cm³/mol. The Bertz CT molecular complexity index is 723. The van der Waals surface area contributed by atoms with E-state index in [1.165, 1.54) is 12.3 Å². The molecule has 0 aliphatic rings. The Morgan fingerprint density at radius 2 is 2.00 bits per heavy atom. The largest absolute Gasteiger partial charge is 0.438 e. The van der Waals surface area contributed by atoms with Crippen molar-refractivity contribution in [2.24, 2.45) is 0 Å². The number of ether oxygens (including phenoxy) is 1. The monoisotopic (exact) mass is 356 g/mol. The van der Waals surface area contributed by atoms with Crippen LogP contribution in [0.5, 0.6) is 11.6 Å². The normalized spacial score (nSPS) is 11.0. The minimum Gasteiger partial charge on any atom is -0.438 e. The SMILES string of the molecule is Cc1cc(Br)cnc1Oc1ccc(C#N)cc1C(F)(F)F. The molecular formula is C14H8BrF3N2O. The van der Waals surface area contributed by atoms with Crippen molar-refractivity contribution < 1.29 is 17.9 Å². The lowest BCUT2D eigenvalue weighted by molar-refractivity contribution is -0.138. The third-order valence-corrected chi connectivity index (χ3v) is 3.05. The number of pyridine rings is 1. The Morgan fingerprint density at radius 3 is 2.57 bits per heavy atom. The molecule has 0 radical (unpaired) electrons. The molecule has 1 aromatic carbocycles. The Balaban J connectivity index is 2.47. The first-order valence-corrected chi connectivity index (χ1v) is 6.52. The maximum Gasteiger partial charge on any atom is 0.420 e. The molecule has 2 rings (SSSR count). The minimum atomic E-state index is -4.62. The summed E-state index contributed by atoms with van der Waals surface area (Å²) >= 11 is 3.21. The number of aromatic nitrogens is 1. The third kappa shape index (κ3) is 3.52. The van der Waals surface area contributed by atoms with Crippen molar-refractivity contribution in [3.8, 4) is 17.7 Å². The second-order valence-corrected chi connectivity index (χ2v) is 5.11. The summed E-state index contributed by atoms with van der Waals surface area (Å²) in [6, 6.07) is 6.48. The zero-order valence-corrected chi connectivity index (χ0v) is 12.3. The van der Waals surface area contributed by atoms with E-state index < -0.39 is 11.7 Å². The topological polar surface area (TPSA) is 45.9 Å². The number of benzene rings is 1. The molecule has 7 heteroatoms. The summed E-state index contributed by atoms with van der Waals surface area (Å²) in [6.45, 7) is 1.67. The highest BCUT2D eigenvalue weighted by Crippen LogP contribution is 2.38. The van der Waals surface area contributed by atoms with Crippen molar-refractivity contribution in [1.29, 1.82) is 5.26 Å². The van der Waals surface area contributed by atoms with Crippen molar-refractivity contribution >= 4 is 15.9 Å². The van der Waals surface area contributed by atoms with Gasteiger partial charge in [-0.15, -0.1) is 0 Å². The molecule has 1 aromatic heterocycles. The minimum absolute atomic E-state index is 0.0772. The number of nitriles is 1. The molecule has 0 amide bonds. The standard InChI is InChI=1S/C14H8BrF3N2O/c1-8-4-10(15)7-20-13(8)21-12-3-2-9(6-19)5-11(12)14(16,17)18/h2-5,7H,1H3. The quantitative estimate of drug-likeness (QED) is 0.773. The van der Waals surface area contributed by atoms with Crippen LogP contribution in [0.1, 0.15) is 16.7 Å². The summed E-state index contributed by atoms with van der Waals surface area (Å²) in [7, 11) is 0. The molecule has 0 spiro atoms. The van der Waals surface area contributed by atoms with Gasteiger partial charge in [-0.05, 0) is 47.1 Å². The van der Waals surface area contributed by atoms with Crippen LogP contribution in [0.25, 0.3) is 0 Å². The molecular weight excluding hydrogens is 349 g/mol. The van der Waals surface area contributed by atoms with Gasteiger partial charge in [0, 0.05) is 16.2 Å². The zero-order chi connectivity index (χ0) is 15.6. The number of hydrogen-bond donors (Lipinski definition) is 0. The zero-order valence-electron chi connectivity index (χ0n) is 10.7. The van der Waals surface area contributed by atoms with Crippen LogP contribution in [0.3, 0.4) is 0 Å². The molecule has 21 heavy (non-hydrogen) atoms. The van der Waals surface area contributed by atoms with Gasteiger partial charge < -0.3 is 4.74 Å². The first kappa shape index (κ1) is 15.3. The molecule has 0 atom stereocenters. The van der Waals surface area contributed by atoms with Gasteiger partial charge in [0.15, 0.2) is 0 Å². The van der Waals surface area contributed by atoms with Gasteiger partial charge in [-0.1, -0.05) is 0 Å². The van der Waals surface area contributed by atoms with Crippen molar-refractivity contribution in [3.05, 3.63) is 51.6 Å². The summed E-state index contributed by atoms with van der Waals surface area (Å²) in [5.41, 5.74) is -0.511. The fraction of sp³-hybridized carbons (Fsp3) is 0.143. The number of halogens is 4. The molecule has 0 N–H and O–H groups in total. The lowest BCUT2D eigenvalue weighted by atomic mass is 10.1. The Morgan fingerprint density at radius 1 is 1.29 bits per heavy atom. The van der Waals surface area contributed by atoms with Gasteiger partial charge in [-0.2, -0.15) is 18.4 Å². The second kappa shape index (κ2) is 5.74.